The fourth-order valence-corrected chi connectivity index (χ4v) is 2.63. The first kappa shape index (κ1) is 14.1. The van der Waals surface area contributed by atoms with Gasteiger partial charge in [-0.1, -0.05) is 26.7 Å². The van der Waals surface area contributed by atoms with E-state index in [1.54, 1.807) is 6.33 Å². The van der Waals surface area contributed by atoms with E-state index in [9.17, 15) is 0 Å². The average molecular weight is 262 g/mol. The zero-order chi connectivity index (χ0) is 13.7. The molecule has 0 aliphatic heterocycles. The maximum absolute atomic E-state index is 4.45. The smallest absolute Gasteiger partial charge is 0.134 e. The molecule has 2 atom stereocenters. The Morgan fingerprint density at radius 2 is 1.95 bits per heavy atom. The number of nitrogens with zero attached hydrogens (tertiary/aromatic N) is 2. The molecule has 106 valence electrons. The van der Waals surface area contributed by atoms with Crippen LogP contribution in [0.15, 0.2) is 6.33 Å². The Morgan fingerprint density at radius 3 is 2.63 bits per heavy atom. The lowest BCUT2D eigenvalue weighted by Crippen LogP contribution is -2.12. The van der Waals surface area contributed by atoms with Crippen LogP contribution in [0.3, 0.4) is 0 Å². The molecule has 1 heterocycles. The van der Waals surface area contributed by atoms with Crippen molar-refractivity contribution in [3.8, 4) is 0 Å². The number of aromatic nitrogens is 2. The van der Waals surface area contributed by atoms with Crippen molar-refractivity contribution >= 4 is 11.6 Å². The van der Waals surface area contributed by atoms with Crippen molar-refractivity contribution in [3.63, 3.8) is 0 Å². The summed E-state index contributed by atoms with van der Waals surface area (Å²) in [4.78, 5) is 8.82. The standard InChI is InChI=1S/C15H26N4/c1-4-7-11-9-13(11)19-15-12(8-5-2)14(16-6-3)17-10-18-15/h10-11,13H,4-9H2,1-3H3,(H2,16,17,18,19). The van der Waals surface area contributed by atoms with Crippen molar-refractivity contribution in [1.82, 2.24) is 9.97 Å². The largest absolute Gasteiger partial charge is 0.370 e. The van der Waals surface area contributed by atoms with Gasteiger partial charge in [-0.2, -0.15) is 0 Å². The van der Waals surface area contributed by atoms with E-state index in [0.717, 1.165) is 36.9 Å². The lowest BCUT2D eigenvalue weighted by atomic mass is 10.1. The number of hydrogen-bond acceptors (Lipinski definition) is 4. The minimum Gasteiger partial charge on any atom is -0.370 e. The molecule has 2 rings (SSSR count). The Hall–Kier alpha value is -1.32. The molecule has 19 heavy (non-hydrogen) atoms. The van der Waals surface area contributed by atoms with Gasteiger partial charge in [-0.25, -0.2) is 9.97 Å². The monoisotopic (exact) mass is 262 g/mol. The summed E-state index contributed by atoms with van der Waals surface area (Å²) < 4.78 is 0. The second kappa shape index (κ2) is 6.73. The van der Waals surface area contributed by atoms with Crippen molar-refractivity contribution in [2.45, 2.75) is 58.9 Å². The first-order valence-electron chi connectivity index (χ1n) is 7.64. The molecule has 1 fully saturated rings. The summed E-state index contributed by atoms with van der Waals surface area (Å²) in [5.74, 6) is 2.88. The van der Waals surface area contributed by atoms with Gasteiger partial charge in [0.2, 0.25) is 0 Å². The van der Waals surface area contributed by atoms with Crippen LogP contribution in [0, 0.1) is 5.92 Å². The number of rotatable bonds is 8. The van der Waals surface area contributed by atoms with Crippen LogP contribution in [0.5, 0.6) is 0 Å². The fraction of sp³-hybridized carbons (Fsp3) is 0.733. The van der Waals surface area contributed by atoms with Crippen molar-refractivity contribution < 1.29 is 0 Å². The van der Waals surface area contributed by atoms with E-state index < -0.39 is 0 Å². The SMILES string of the molecule is CCCc1c(NCC)ncnc1NC1CC1CCC. The van der Waals surface area contributed by atoms with Crippen LogP contribution in [-0.2, 0) is 6.42 Å². The van der Waals surface area contributed by atoms with Gasteiger partial charge < -0.3 is 10.6 Å². The number of anilines is 2. The molecule has 0 amide bonds. The van der Waals surface area contributed by atoms with Crippen molar-refractivity contribution in [3.05, 3.63) is 11.9 Å². The third-order valence-corrected chi connectivity index (χ3v) is 3.69. The summed E-state index contributed by atoms with van der Waals surface area (Å²) in [6.07, 6.45) is 7.69. The molecule has 1 aliphatic rings. The Kier molecular flexibility index (Phi) is 5.00. The zero-order valence-electron chi connectivity index (χ0n) is 12.4. The summed E-state index contributed by atoms with van der Waals surface area (Å²) in [6, 6.07) is 0.625. The molecule has 1 aliphatic carbocycles. The predicted molar refractivity (Wildman–Crippen MR) is 80.6 cm³/mol. The van der Waals surface area contributed by atoms with Crippen LogP contribution >= 0.6 is 0 Å². The van der Waals surface area contributed by atoms with Gasteiger partial charge in [-0.3, -0.25) is 0 Å². The van der Waals surface area contributed by atoms with E-state index in [1.165, 1.54) is 24.8 Å². The lowest BCUT2D eigenvalue weighted by Gasteiger charge is -2.14. The van der Waals surface area contributed by atoms with E-state index in [-0.39, 0.29) is 0 Å². The molecular formula is C15H26N4. The van der Waals surface area contributed by atoms with Gasteiger partial charge >= 0.3 is 0 Å². The predicted octanol–water partition coefficient (Wildman–Crippen LogP) is 3.46. The maximum Gasteiger partial charge on any atom is 0.134 e. The summed E-state index contributed by atoms with van der Waals surface area (Å²) >= 11 is 0. The highest BCUT2D eigenvalue weighted by Gasteiger charge is 2.36. The molecule has 0 aromatic carbocycles. The maximum atomic E-state index is 4.45. The normalized spacial score (nSPS) is 21.2. The quantitative estimate of drug-likeness (QED) is 0.753. The summed E-state index contributed by atoms with van der Waals surface area (Å²) in [5.41, 5.74) is 1.24. The van der Waals surface area contributed by atoms with Crippen LogP contribution in [-0.4, -0.2) is 22.6 Å². The summed E-state index contributed by atoms with van der Waals surface area (Å²) in [7, 11) is 0. The lowest BCUT2D eigenvalue weighted by molar-refractivity contribution is 0.691. The average Bonchev–Trinajstić information content (AvgIpc) is 3.12. The number of nitrogens with one attached hydrogen (secondary N) is 2. The van der Waals surface area contributed by atoms with Crippen LogP contribution in [0.25, 0.3) is 0 Å². The van der Waals surface area contributed by atoms with Gasteiger partial charge in [0.15, 0.2) is 0 Å². The Morgan fingerprint density at radius 1 is 1.16 bits per heavy atom. The van der Waals surface area contributed by atoms with E-state index >= 15 is 0 Å². The van der Waals surface area contributed by atoms with Gasteiger partial charge in [0.05, 0.1) is 0 Å². The van der Waals surface area contributed by atoms with E-state index in [4.69, 9.17) is 0 Å². The minimum atomic E-state index is 0.625. The molecule has 0 saturated heterocycles. The highest BCUT2D eigenvalue weighted by atomic mass is 15.1. The van der Waals surface area contributed by atoms with E-state index in [0.29, 0.717) is 6.04 Å². The molecule has 1 saturated carbocycles. The molecule has 0 radical (unpaired) electrons. The van der Waals surface area contributed by atoms with Crippen molar-refractivity contribution in [2.24, 2.45) is 5.92 Å². The topological polar surface area (TPSA) is 49.8 Å². The van der Waals surface area contributed by atoms with Crippen molar-refractivity contribution in [1.29, 1.82) is 0 Å². The molecule has 1 aromatic heterocycles. The highest BCUT2D eigenvalue weighted by molar-refractivity contribution is 5.58. The Bertz CT molecular complexity index is 405. The molecule has 0 spiro atoms. The third kappa shape index (κ3) is 3.58. The van der Waals surface area contributed by atoms with Crippen molar-refractivity contribution in [2.75, 3.05) is 17.2 Å². The molecule has 2 unspecified atom stereocenters. The molecule has 1 aromatic rings. The summed E-state index contributed by atoms with van der Waals surface area (Å²) in [6.45, 7) is 7.45. The summed E-state index contributed by atoms with van der Waals surface area (Å²) in [5, 5.41) is 6.95. The molecule has 4 heteroatoms. The molecule has 4 nitrogen and oxygen atoms in total. The third-order valence-electron chi connectivity index (χ3n) is 3.69. The second-order valence-electron chi connectivity index (χ2n) is 5.37. The zero-order valence-corrected chi connectivity index (χ0v) is 12.4. The van der Waals surface area contributed by atoms with Crippen LogP contribution < -0.4 is 10.6 Å². The molecule has 0 bridgehead atoms. The molecular weight excluding hydrogens is 236 g/mol. The van der Waals surface area contributed by atoms with Gasteiger partial charge in [0.1, 0.15) is 18.0 Å². The van der Waals surface area contributed by atoms with E-state index in [1.807, 2.05) is 0 Å². The molecule has 2 N–H and O–H groups in total. The number of hydrogen-bond donors (Lipinski definition) is 2. The van der Waals surface area contributed by atoms with Crippen LogP contribution in [0.4, 0.5) is 11.6 Å². The van der Waals surface area contributed by atoms with E-state index in [2.05, 4.69) is 41.4 Å². The fourth-order valence-electron chi connectivity index (χ4n) is 2.63. The van der Waals surface area contributed by atoms with Crippen LogP contribution in [0.1, 0.15) is 52.0 Å². The second-order valence-corrected chi connectivity index (χ2v) is 5.37. The van der Waals surface area contributed by atoms with Gasteiger partial charge in [0, 0.05) is 18.2 Å². The Balaban J connectivity index is 2.08. The van der Waals surface area contributed by atoms with Gasteiger partial charge in [0.25, 0.3) is 0 Å². The first-order valence-corrected chi connectivity index (χ1v) is 7.64. The highest BCUT2D eigenvalue weighted by Crippen LogP contribution is 2.38. The Labute approximate surface area is 116 Å². The first-order chi connectivity index (χ1) is 9.30. The van der Waals surface area contributed by atoms with Gasteiger partial charge in [-0.05, 0) is 32.1 Å². The van der Waals surface area contributed by atoms with Crippen LogP contribution in [0.2, 0.25) is 0 Å². The van der Waals surface area contributed by atoms with Gasteiger partial charge in [-0.15, -0.1) is 0 Å². The minimum absolute atomic E-state index is 0.625.